The van der Waals surface area contributed by atoms with E-state index in [2.05, 4.69) is 38.9 Å². The number of halogens is 1. The Kier molecular flexibility index (Phi) is 6.15. The van der Waals surface area contributed by atoms with Crippen LogP contribution in [0.15, 0.2) is 47.9 Å². The third-order valence-electron chi connectivity index (χ3n) is 3.44. The molecule has 0 saturated heterocycles. The number of carbonyl (C=O) groups is 1. The smallest absolute Gasteiger partial charge is 0.239 e. The molecule has 0 radical (unpaired) electrons. The number of carbonyl (C=O) groups excluding carboxylic acids is 1. The number of aryl methyl sites for hydroxylation is 1. The van der Waals surface area contributed by atoms with E-state index in [-0.39, 0.29) is 12.5 Å². The normalized spacial score (nSPS) is 10.0. The second kappa shape index (κ2) is 8.31. The lowest BCUT2D eigenvalue weighted by Gasteiger charge is -2.24. The topological polar surface area (TPSA) is 74.0 Å². The Labute approximate surface area is 149 Å². The summed E-state index contributed by atoms with van der Waals surface area (Å²) in [6, 6.07) is 9.25. The number of rotatable bonds is 7. The second-order valence-electron chi connectivity index (χ2n) is 5.30. The standard InChI is InChI=1S/C17H18BrN5O/c1-13(18)8-21-17(24)11-23(10-16-9-20-12-22(16)2)15-5-3-14(7-19)4-6-15/h3-6,9,12H,1,8,10-11H2,2H3,(H,21,24). The van der Waals surface area contributed by atoms with Gasteiger partial charge in [-0.3, -0.25) is 4.79 Å². The summed E-state index contributed by atoms with van der Waals surface area (Å²) in [5.41, 5.74) is 2.43. The quantitative estimate of drug-likeness (QED) is 0.790. The summed E-state index contributed by atoms with van der Waals surface area (Å²) < 4.78 is 2.63. The Morgan fingerprint density at radius 1 is 1.46 bits per heavy atom. The number of nitriles is 1. The number of imidazole rings is 1. The molecule has 6 nitrogen and oxygen atoms in total. The van der Waals surface area contributed by atoms with Crippen molar-refractivity contribution in [2.75, 3.05) is 18.0 Å². The highest BCUT2D eigenvalue weighted by molar-refractivity contribution is 9.11. The first-order chi connectivity index (χ1) is 11.5. The highest BCUT2D eigenvalue weighted by Gasteiger charge is 2.14. The van der Waals surface area contributed by atoms with Crippen LogP contribution in [-0.4, -0.2) is 28.5 Å². The summed E-state index contributed by atoms with van der Waals surface area (Å²) in [6.07, 6.45) is 3.50. The molecule has 1 aromatic heterocycles. The van der Waals surface area contributed by atoms with Gasteiger partial charge in [0, 0.05) is 30.0 Å². The van der Waals surface area contributed by atoms with Gasteiger partial charge in [0.1, 0.15) is 0 Å². The van der Waals surface area contributed by atoms with Crippen molar-refractivity contribution in [2.24, 2.45) is 7.05 Å². The summed E-state index contributed by atoms with van der Waals surface area (Å²) >= 11 is 3.22. The molecule has 7 heteroatoms. The molecule has 124 valence electrons. The Morgan fingerprint density at radius 3 is 2.71 bits per heavy atom. The molecular formula is C17H18BrN5O. The summed E-state index contributed by atoms with van der Waals surface area (Å²) in [4.78, 5) is 18.2. The van der Waals surface area contributed by atoms with Crippen LogP contribution in [0, 0.1) is 11.3 Å². The number of nitrogens with one attached hydrogen (secondary N) is 1. The lowest BCUT2D eigenvalue weighted by Crippen LogP contribution is -2.37. The molecule has 1 N–H and O–H groups in total. The first kappa shape index (κ1) is 17.8. The van der Waals surface area contributed by atoms with Crippen molar-refractivity contribution in [3.63, 3.8) is 0 Å². The molecule has 0 atom stereocenters. The maximum Gasteiger partial charge on any atom is 0.239 e. The van der Waals surface area contributed by atoms with E-state index in [0.717, 1.165) is 11.4 Å². The lowest BCUT2D eigenvalue weighted by molar-refractivity contribution is -0.119. The van der Waals surface area contributed by atoms with E-state index in [1.807, 2.05) is 28.6 Å². The summed E-state index contributed by atoms with van der Waals surface area (Å²) in [5.74, 6) is -0.109. The van der Waals surface area contributed by atoms with Gasteiger partial charge in [-0.25, -0.2) is 4.98 Å². The van der Waals surface area contributed by atoms with Crippen LogP contribution in [0.1, 0.15) is 11.3 Å². The van der Waals surface area contributed by atoms with Gasteiger partial charge in [-0.15, -0.1) is 0 Å². The number of nitrogens with zero attached hydrogens (tertiary/aromatic N) is 4. The van der Waals surface area contributed by atoms with Gasteiger partial charge in [0.2, 0.25) is 5.91 Å². The van der Waals surface area contributed by atoms with Crippen LogP contribution in [0.25, 0.3) is 0 Å². The summed E-state index contributed by atoms with van der Waals surface area (Å²) in [5, 5.41) is 11.7. The van der Waals surface area contributed by atoms with Crippen molar-refractivity contribution in [3.8, 4) is 6.07 Å². The van der Waals surface area contributed by atoms with Gasteiger partial charge in [0.15, 0.2) is 0 Å². The Morgan fingerprint density at radius 2 is 2.17 bits per heavy atom. The third kappa shape index (κ3) is 4.96. The van der Waals surface area contributed by atoms with E-state index in [0.29, 0.717) is 23.1 Å². The fourth-order valence-electron chi connectivity index (χ4n) is 2.14. The van der Waals surface area contributed by atoms with Gasteiger partial charge in [0.25, 0.3) is 0 Å². The molecule has 0 aliphatic carbocycles. The van der Waals surface area contributed by atoms with Gasteiger partial charge >= 0.3 is 0 Å². The molecule has 2 rings (SSSR count). The molecule has 0 unspecified atom stereocenters. The molecule has 1 amide bonds. The van der Waals surface area contributed by atoms with Crippen molar-refractivity contribution in [1.29, 1.82) is 5.26 Å². The molecular weight excluding hydrogens is 370 g/mol. The van der Waals surface area contributed by atoms with Gasteiger partial charge in [-0.2, -0.15) is 5.26 Å². The maximum absolute atomic E-state index is 12.2. The van der Waals surface area contributed by atoms with Gasteiger partial charge in [-0.05, 0) is 24.3 Å². The molecule has 0 spiro atoms. The molecule has 0 saturated carbocycles. The van der Waals surface area contributed by atoms with E-state index in [4.69, 9.17) is 5.26 Å². The van der Waals surface area contributed by atoms with Crippen LogP contribution >= 0.6 is 15.9 Å². The van der Waals surface area contributed by atoms with Crippen LogP contribution in [0.4, 0.5) is 5.69 Å². The fourth-order valence-corrected chi connectivity index (χ4v) is 2.28. The number of anilines is 1. The van der Waals surface area contributed by atoms with Crippen molar-refractivity contribution >= 4 is 27.5 Å². The maximum atomic E-state index is 12.2. The minimum atomic E-state index is -0.109. The van der Waals surface area contributed by atoms with E-state index < -0.39 is 0 Å². The predicted molar refractivity (Wildman–Crippen MR) is 96.5 cm³/mol. The molecule has 1 heterocycles. The molecule has 0 fully saturated rings. The van der Waals surface area contributed by atoms with Gasteiger partial charge < -0.3 is 14.8 Å². The van der Waals surface area contributed by atoms with Crippen molar-refractivity contribution in [1.82, 2.24) is 14.9 Å². The molecule has 0 bridgehead atoms. The minimum Gasteiger partial charge on any atom is -0.356 e. The highest BCUT2D eigenvalue weighted by Crippen LogP contribution is 2.17. The van der Waals surface area contributed by atoms with Crippen LogP contribution < -0.4 is 10.2 Å². The SMILES string of the molecule is C=C(Br)CNC(=O)CN(Cc1cncn1C)c1ccc(C#N)cc1. The zero-order valence-corrected chi connectivity index (χ0v) is 15.0. The first-order valence-electron chi connectivity index (χ1n) is 7.30. The first-order valence-corrected chi connectivity index (χ1v) is 8.09. The van der Waals surface area contributed by atoms with Gasteiger partial charge in [-0.1, -0.05) is 22.5 Å². The summed E-state index contributed by atoms with van der Waals surface area (Å²) in [6.45, 7) is 4.81. The average Bonchev–Trinajstić information content (AvgIpc) is 2.97. The lowest BCUT2D eigenvalue weighted by atomic mass is 10.2. The number of hydrogen-bond acceptors (Lipinski definition) is 4. The van der Waals surface area contributed by atoms with Crippen LogP contribution in [0.3, 0.4) is 0 Å². The molecule has 24 heavy (non-hydrogen) atoms. The van der Waals surface area contributed by atoms with E-state index in [1.54, 1.807) is 24.7 Å². The van der Waals surface area contributed by atoms with E-state index in [9.17, 15) is 4.79 Å². The number of hydrogen-bond donors (Lipinski definition) is 1. The number of benzene rings is 1. The Hall–Kier alpha value is -2.59. The monoisotopic (exact) mass is 387 g/mol. The molecule has 2 aromatic rings. The fraction of sp³-hybridized carbons (Fsp3) is 0.235. The molecule has 0 aliphatic rings. The second-order valence-corrected chi connectivity index (χ2v) is 6.43. The van der Waals surface area contributed by atoms with Gasteiger partial charge in [0.05, 0.1) is 36.7 Å². The van der Waals surface area contributed by atoms with E-state index >= 15 is 0 Å². The highest BCUT2D eigenvalue weighted by atomic mass is 79.9. The molecule has 0 aliphatic heterocycles. The predicted octanol–water partition coefficient (Wildman–Crippen LogP) is 2.32. The largest absolute Gasteiger partial charge is 0.356 e. The third-order valence-corrected chi connectivity index (χ3v) is 3.72. The zero-order chi connectivity index (χ0) is 17.5. The van der Waals surface area contributed by atoms with Crippen LogP contribution in [0.5, 0.6) is 0 Å². The minimum absolute atomic E-state index is 0.109. The zero-order valence-electron chi connectivity index (χ0n) is 13.4. The number of aromatic nitrogens is 2. The van der Waals surface area contributed by atoms with Crippen LogP contribution in [-0.2, 0) is 18.4 Å². The Bertz CT molecular complexity index is 760. The van der Waals surface area contributed by atoms with E-state index in [1.165, 1.54) is 0 Å². The molecule has 1 aromatic carbocycles. The van der Waals surface area contributed by atoms with Crippen molar-refractivity contribution in [3.05, 3.63) is 59.1 Å². The van der Waals surface area contributed by atoms with Crippen molar-refractivity contribution in [2.45, 2.75) is 6.54 Å². The Balaban J connectivity index is 2.17. The number of amides is 1. The average molecular weight is 388 g/mol. The summed E-state index contributed by atoms with van der Waals surface area (Å²) in [7, 11) is 1.91. The van der Waals surface area contributed by atoms with Crippen LogP contribution in [0.2, 0.25) is 0 Å². The van der Waals surface area contributed by atoms with Crippen molar-refractivity contribution < 1.29 is 4.79 Å².